The lowest BCUT2D eigenvalue weighted by Gasteiger charge is -2.08. The molecule has 0 saturated heterocycles. The van der Waals surface area contributed by atoms with Crippen LogP contribution in [-0.4, -0.2) is 10.8 Å². The third-order valence-corrected chi connectivity index (χ3v) is 3.22. The van der Waals surface area contributed by atoms with Crippen LogP contribution in [0.2, 0.25) is 10.0 Å². The molecular formula is C14H10Cl2N2O3. The lowest BCUT2D eigenvalue weighted by molar-refractivity contribution is -0.385. The second kappa shape index (κ2) is 6.11. The number of benzene rings is 2. The Morgan fingerprint density at radius 2 is 1.81 bits per heavy atom. The maximum atomic E-state index is 12.2. The SMILES string of the molecule is Cc1cccc(C(=O)Nc2cc(Cl)cc(Cl)c2)c1[N+](=O)[O-]. The average Bonchev–Trinajstić information content (AvgIpc) is 2.36. The van der Waals surface area contributed by atoms with E-state index >= 15 is 0 Å². The first-order valence-corrected chi connectivity index (χ1v) is 6.65. The normalized spacial score (nSPS) is 10.2. The molecule has 7 heteroatoms. The Balaban J connectivity index is 2.37. The molecular weight excluding hydrogens is 315 g/mol. The summed E-state index contributed by atoms with van der Waals surface area (Å²) in [6.45, 7) is 1.57. The van der Waals surface area contributed by atoms with Gasteiger partial charge in [0.1, 0.15) is 5.56 Å². The first kappa shape index (κ1) is 15.3. The highest BCUT2D eigenvalue weighted by atomic mass is 35.5. The minimum atomic E-state index is -0.594. The van der Waals surface area contributed by atoms with Crippen LogP contribution < -0.4 is 5.32 Å². The van der Waals surface area contributed by atoms with Crippen LogP contribution >= 0.6 is 23.2 Å². The second-order valence-corrected chi connectivity index (χ2v) is 5.21. The van der Waals surface area contributed by atoms with Crippen molar-refractivity contribution in [1.82, 2.24) is 0 Å². The highest BCUT2D eigenvalue weighted by molar-refractivity contribution is 6.35. The van der Waals surface area contributed by atoms with Crippen LogP contribution in [-0.2, 0) is 0 Å². The molecule has 21 heavy (non-hydrogen) atoms. The highest BCUT2D eigenvalue weighted by Crippen LogP contribution is 2.26. The zero-order valence-corrected chi connectivity index (χ0v) is 12.4. The highest BCUT2D eigenvalue weighted by Gasteiger charge is 2.22. The third-order valence-electron chi connectivity index (χ3n) is 2.79. The maximum Gasteiger partial charge on any atom is 0.285 e. The molecule has 0 atom stereocenters. The van der Waals surface area contributed by atoms with Gasteiger partial charge in [0.05, 0.1) is 4.92 Å². The summed E-state index contributed by atoms with van der Waals surface area (Å²) in [6.07, 6.45) is 0. The van der Waals surface area contributed by atoms with E-state index in [-0.39, 0.29) is 11.3 Å². The lowest BCUT2D eigenvalue weighted by Crippen LogP contribution is -2.14. The molecule has 1 amide bonds. The number of hydrogen-bond acceptors (Lipinski definition) is 3. The van der Waals surface area contributed by atoms with Gasteiger partial charge in [-0.1, -0.05) is 35.3 Å². The van der Waals surface area contributed by atoms with Crippen molar-refractivity contribution in [1.29, 1.82) is 0 Å². The van der Waals surface area contributed by atoms with Gasteiger partial charge in [-0.05, 0) is 31.2 Å². The van der Waals surface area contributed by atoms with Gasteiger partial charge >= 0.3 is 0 Å². The average molecular weight is 325 g/mol. The molecule has 2 rings (SSSR count). The Labute approximate surface area is 130 Å². The van der Waals surface area contributed by atoms with Crippen molar-refractivity contribution in [2.45, 2.75) is 6.92 Å². The summed E-state index contributed by atoms with van der Waals surface area (Å²) < 4.78 is 0. The number of amides is 1. The number of rotatable bonds is 3. The van der Waals surface area contributed by atoms with Crippen LogP contribution in [0.1, 0.15) is 15.9 Å². The van der Waals surface area contributed by atoms with E-state index in [2.05, 4.69) is 5.32 Å². The molecule has 2 aromatic rings. The van der Waals surface area contributed by atoms with E-state index in [1.54, 1.807) is 19.1 Å². The summed E-state index contributed by atoms with van der Waals surface area (Å²) in [4.78, 5) is 22.7. The first-order valence-electron chi connectivity index (χ1n) is 5.90. The Kier molecular flexibility index (Phi) is 4.45. The molecule has 5 nitrogen and oxygen atoms in total. The van der Waals surface area contributed by atoms with E-state index in [4.69, 9.17) is 23.2 Å². The molecule has 0 spiro atoms. The monoisotopic (exact) mass is 324 g/mol. The summed E-state index contributed by atoms with van der Waals surface area (Å²) in [5.74, 6) is -0.594. The number of aryl methyl sites for hydroxylation is 1. The van der Waals surface area contributed by atoms with Crippen LogP contribution in [0.3, 0.4) is 0 Å². The second-order valence-electron chi connectivity index (χ2n) is 4.34. The Morgan fingerprint density at radius 1 is 1.19 bits per heavy atom. The molecule has 0 aromatic heterocycles. The largest absolute Gasteiger partial charge is 0.322 e. The van der Waals surface area contributed by atoms with Gasteiger partial charge < -0.3 is 5.32 Å². The Hall–Kier alpha value is -2.11. The number of carbonyl (C=O) groups excluding carboxylic acids is 1. The van der Waals surface area contributed by atoms with Gasteiger partial charge in [0.15, 0.2) is 0 Å². The molecule has 0 aliphatic carbocycles. The quantitative estimate of drug-likeness (QED) is 0.669. The number of nitrogens with zero attached hydrogens (tertiary/aromatic N) is 1. The summed E-state index contributed by atoms with van der Waals surface area (Å²) in [7, 11) is 0. The number of halogens is 2. The summed E-state index contributed by atoms with van der Waals surface area (Å²) in [5, 5.41) is 14.4. The molecule has 0 bridgehead atoms. The molecule has 0 aliphatic rings. The van der Waals surface area contributed by atoms with Crippen molar-refractivity contribution >= 4 is 40.5 Å². The van der Waals surface area contributed by atoms with Gasteiger partial charge in [-0.25, -0.2) is 0 Å². The van der Waals surface area contributed by atoms with E-state index in [0.717, 1.165) is 0 Å². The zero-order valence-electron chi connectivity index (χ0n) is 10.9. The first-order chi connectivity index (χ1) is 9.88. The molecule has 108 valence electrons. The number of nitrogens with one attached hydrogen (secondary N) is 1. The molecule has 0 fully saturated rings. The van der Waals surface area contributed by atoms with E-state index in [1.807, 2.05) is 0 Å². The zero-order chi connectivity index (χ0) is 15.6. The summed E-state index contributed by atoms with van der Waals surface area (Å²) in [5.41, 5.74) is 0.546. The predicted octanol–water partition coefficient (Wildman–Crippen LogP) is 4.46. The minimum Gasteiger partial charge on any atom is -0.322 e. The standard InChI is InChI=1S/C14H10Cl2N2O3/c1-8-3-2-4-12(13(8)18(20)21)14(19)17-11-6-9(15)5-10(16)7-11/h2-7H,1H3,(H,17,19). The minimum absolute atomic E-state index is 0.0175. The van der Waals surface area contributed by atoms with E-state index < -0.39 is 10.8 Å². The fourth-order valence-electron chi connectivity index (χ4n) is 1.91. The summed E-state index contributed by atoms with van der Waals surface area (Å²) >= 11 is 11.7. The lowest BCUT2D eigenvalue weighted by atomic mass is 10.1. The van der Waals surface area contributed by atoms with Crippen molar-refractivity contribution in [3.8, 4) is 0 Å². The third kappa shape index (κ3) is 3.51. The predicted molar refractivity (Wildman–Crippen MR) is 82.2 cm³/mol. The molecule has 2 aromatic carbocycles. The molecule has 0 unspecified atom stereocenters. The van der Waals surface area contributed by atoms with Gasteiger partial charge in [-0.2, -0.15) is 0 Å². The number of para-hydroxylation sites is 1. The van der Waals surface area contributed by atoms with Gasteiger partial charge in [-0.3, -0.25) is 14.9 Å². The van der Waals surface area contributed by atoms with Crippen molar-refractivity contribution < 1.29 is 9.72 Å². The van der Waals surface area contributed by atoms with Crippen LogP contribution in [0.25, 0.3) is 0 Å². The maximum absolute atomic E-state index is 12.2. The Bertz CT molecular complexity index is 712. The fraction of sp³-hybridized carbons (Fsp3) is 0.0714. The summed E-state index contributed by atoms with van der Waals surface area (Å²) in [6, 6.07) is 9.09. The van der Waals surface area contributed by atoms with Crippen LogP contribution in [0, 0.1) is 17.0 Å². The van der Waals surface area contributed by atoms with Gasteiger partial charge in [0.2, 0.25) is 0 Å². The molecule has 0 heterocycles. The van der Waals surface area contributed by atoms with Gasteiger partial charge in [-0.15, -0.1) is 0 Å². The van der Waals surface area contributed by atoms with Crippen molar-refractivity contribution in [3.63, 3.8) is 0 Å². The molecule has 1 N–H and O–H groups in total. The van der Waals surface area contributed by atoms with E-state index in [0.29, 0.717) is 21.3 Å². The van der Waals surface area contributed by atoms with Crippen molar-refractivity contribution in [2.75, 3.05) is 5.32 Å². The van der Waals surface area contributed by atoms with Crippen molar-refractivity contribution in [2.24, 2.45) is 0 Å². The number of anilines is 1. The molecule has 0 saturated carbocycles. The number of nitro groups is 1. The molecule has 0 radical (unpaired) electrons. The Morgan fingerprint density at radius 3 is 2.38 bits per heavy atom. The number of carbonyl (C=O) groups is 1. The van der Waals surface area contributed by atoms with E-state index in [1.165, 1.54) is 24.3 Å². The smallest absolute Gasteiger partial charge is 0.285 e. The van der Waals surface area contributed by atoms with Crippen LogP contribution in [0.5, 0.6) is 0 Å². The van der Waals surface area contributed by atoms with Gasteiger partial charge in [0, 0.05) is 21.3 Å². The number of nitro benzene ring substituents is 1. The van der Waals surface area contributed by atoms with Gasteiger partial charge in [0.25, 0.3) is 11.6 Å². The topological polar surface area (TPSA) is 72.2 Å². The number of hydrogen-bond donors (Lipinski definition) is 1. The van der Waals surface area contributed by atoms with Crippen molar-refractivity contribution in [3.05, 3.63) is 67.7 Å². The van der Waals surface area contributed by atoms with Crippen LogP contribution in [0.15, 0.2) is 36.4 Å². The fourth-order valence-corrected chi connectivity index (χ4v) is 2.44. The van der Waals surface area contributed by atoms with E-state index in [9.17, 15) is 14.9 Å². The van der Waals surface area contributed by atoms with Crippen LogP contribution in [0.4, 0.5) is 11.4 Å². The molecule has 0 aliphatic heterocycles.